The third-order valence-electron chi connectivity index (χ3n) is 6.50. The number of unbranched alkanes of at least 4 members (excludes halogenated alkanes) is 1. The van der Waals surface area contributed by atoms with Crippen LogP contribution in [0, 0.1) is 13.0 Å². The number of hydrogen-bond acceptors (Lipinski definition) is 8. The van der Waals surface area contributed by atoms with Crippen LogP contribution in [0.3, 0.4) is 0 Å². The van der Waals surface area contributed by atoms with Gasteiger partial charge >= 0.3 is 51.4 Å². The van der Waals surface area contributed by atoms with Crippen LogP contribution in [-0.2, 0) is 14.3 Å². The molecule has 0 aromatic heterocycles. The minimum atomic E-state index is -0.257. The summed E-state index contributed by atoms with van der Waals surface area (Å²) >= 11 is 0. The average Bonchev–Trinajstić information content (AvgIpc) is 3.14. The van der Waals surface area contributed by atoms with Crippen molar-refractivity contribution in [3.05, 3.63) is 84.4 Å². The third kappa shape index (κ3) is 21.1. The average molecular weight is 749 g/mol. The van der Waals surface area contributed by atoms with E-state index in [4.69, 9.17) is 15.2 Å². The van der Waals surface area contributed by atoms with Gasteiger partial charge in [0.1, 0.15) is 12.4 Å². The van der Waals surface area contributed by atoms with E-state index >= 15 is 0 Å². The van der Waals surface area contributed by atoms with Gasteiger partial charge in [-0.1, -0.05) is 93.5 Å². The molecule has 10 nitrogen and oxygen atoms in total. The molecular weight excluding hydrogens is 680 g/mol. The molecule has 0 spiro atoms. The minimum Gasteiger partial charge on any atom is -0.489 e. The molecule has 0 aliphatic heterocycles. The predicted molar refractivity (Wildman–Crippen MR) is 221 cm³/mol. The van der Waals surface area contributed by atoms with Gasteiger partial charge < -0.3 is 29.9 Å². The van der Waals surface area contributed by atoms with Crippen LogP contribution >= 0.6 is 0 Å². The number of methoxy groups -OCH3 is 1. The number of nitrogens with zero attached hydrogens (tertiary/aromatic N) is 5. The van der Waals surface area contributed by atoms with E-state index in [2.05, 4.69) is 31.5 Å². The maximum absolute atomic E-state index is 13.0. The van der Waals surface area contributed by atoms with E-state index < -0.39 is 0 Å². The van der Waals surface area contributed by atoms with E-state index in [1.807, 2.05) is 97.6 Å². The molecule has 0 saturated heterocycles. The summed E-state index contributed by atoms with van der Waals surface area (Å²) in [4.78, 5) is 36.7. The number of aliphatic imine (C=N–C) groups is 1. The number of amides is 2. The Morgan fingerprint density at radius 2 is 1.52 bits per heavy atom. The molecule has 288 valence electrons. The van der Waals surface area contributed by atoms with Crippen molar-refractivity contribution in [1.82, 2.24) is 4.90 Å². The normalized spacial score (nSPS) is 10.6. The van der Waals surface area contributed by atoms with Crippen molar-refractivity contribution in [2.24, 2.45) is 10.7 Å². The second kappa shape index (κ2) is 35.3. The zero-order valence-electron chi connectivity index (χ0n) is 35.5. The Labute approximate surface area is 360 Å². The number of allylic oxidation sites excluding steroid dienone is 1. The fraction of sp³-hybridized carbons (Fsp3) is 0.488. The molecule has 2 N–H and O–H groups in total. The summed E-state index contributed by atoms with van der Waals surface area (Å²) in [7, 11) is 8.89. The second-order valence-electron chi connectivity index (χ2n) is 10.5. The summed E-state index contributed by atoms with van der Waals surface area (Å²) < 4.78 is 11.0. The Hall–Kier alpha value is -2.77. The number of anilines is 3. The number of aryl methyl sites for hydroxylation is 1. The molecule has 52 heavy (non-hydrogen) atoms. The summed E-state index contributed by atoms with van der Waals surface area (Å²) in [5.74, 6) is 0.442. The molecule has 0 aliphatic carbocycles. The maximum Gasteiger partial charge on any atom is 1.00 e. The smallest absolute Gasteiger partial charge is 0.489 e. The number of rotatable bonds is 15. The summed E-state index contributed by atoms with van der Waals surface area (Å²) in [6.07, 6.45) is 7.90. The Morgan fingerprint density at radius 3 is 1.96 bits per heavy atom. The summed E-state index contributed by atoms with van der Waals surface area (Å²) in [5, 5.41) is 0. The van der Waals surface area contributed by atoms with E-state index in [-0.39, 0.29) is 69.7 Å². The fourth-order valence-electron chi connectivity index (χ4n) is 3.85. The van der Waals surface area contributed by atoms with Gasteiger partial charge in [-0.15, -0.1) is 6.07 Å². The molecule has 2 aromatic carbocycles. The molecule has 2 amide bonds. The third-order valence-corrected chi connectivity index (χ3v) is 6.50. The molecule has 11 heteroatoms. The Balaban J connectivity index is -0.000000946. The summed E-state index contributed by atoms with van der Waals surface area (Å²) in [6, 6.07) is 14.0. The van der Waals surface area contributed by atoms with Gasteiger partial charge in [-0.05, 0) is 46.3 Å². The van der Waals surface area contributed by atoms with Crippen LogP contribution in [0.5, 0.6) is 5.75 Å². The SMILES string of the molecule is C=CN=C(/C(=C(\C)N)N(C)c1c[c-]c(C)cc1)N(C=O)c1ccc(OCCOC)c(N(C)C(=O)/C=C/CN(C)C)c1.CC.CC.CC.CCCC.[K+]. The number of hydrogen-bond donors (Lipinski definition) is 1. The van der Waals surface area contributed by atoms with E-state index in [0.717, 1.165) is 11.3 Å². The van der Waals surface area contributed by atoms with Gasteiger partial charge in [0.05, 0.1) is 23.7 Å². The number of amidine groups is 1. The second-order valence-corrected chi connectivity index (χ2v) is 10.5. The number of likely N-dealkylation sites (N-methyl/N-ethyl adjacent to an activating group) is 3. The first-order valence-corrected chi connectivity index (χ1v) is 17.9. The zero-order valence-corrected chi connectivity index (χ0v) is 38.6. The first kappa shape index (κ1) is 56.0. The molecular formula is C41H69KN6O4. The van der Waals surface area contributed by atoms with E-state index in [1.54, 1.807) is 45.4 Å². The van der Waals surface area contributed by atoms with Crippen LogP contribution in [-0.4, -0.2) is 78.1 Å². The number of nitrogens with two attached hydrogens (primary N) is 1. The van der Waals surface area contributed by atoms with Gasteiger partial charge in [-0.3, -0.25) is 14.5 Å². The fourth-order valence-corrected chi connectivity index (χ4v) is 3.85. The Morgan fingerprint density at radius 1 is 0.942 bits per heavy atom. The summed E-state index contributed by atoms with van der Waals surface area (Å²) in [5.41, 5.74) is 9.97. The van der Waals surface area contributed by atoms with Gasteiger partial charge in [-0.2, -0.15) is 23.8 Å². The molecule has 0 radical (unpaired) electrons. The quantitative estimate of drug-likeness (QED) is 0.0480. The molecule has 0 atom stereocenters. The van der Waals surface area contributed by atoms with E-state index in [9.17, 15) is 9.59 Å². The van der Waals surface area contributed by atoms with E-state index in [1.165, 1.54) is 34.9 Å². The number of carbonyl (C=O) groups excluding carboxylic acids is 2. The standard InChI is InChI=1S/C31H41N6O4.C4H10.3C2H6.K/c1-9-33-31(30(24(3)32)35(6)25-14-12-23(2)13-15-25)37(22-38)26-16-17-28(41-20-19-40-8)27(21-26)36(7)29(39)11-10-18-34(4)5;1-3-4-2;3*1-2;/h9-12,14-17,21-22H,1,18-20,32H2,2-8H3;3-4H2,1-2H3;3*1-2H3;/q-1;;;;;+1/b11-10+,30-24-,33-31?;;;;;. The van der Waals surface area contributed by atoms with Crippen LogP contribution in [0.2, 0.25) is 0 Å². The molecule has 0 fully saturated rings. The van der Waals surface area contributed by atoms with Crippen LogP contribution in [0.4, 0.5) is 17.1 Å². The molecule has 0 unspecified atom stereocenters. The van der Waals surface area contributed by atoms with Crippen molar-refractivity contribution in [1.29, 1.82) is 0 Å². The number of benzene rings is 2. The van der Waals surface area contributed by atoms with Gasteiger partial charge in [0.25, 0.3) is 5.91 Å². The van der Waals surface area contributed by atoms with Crippen molar-refractivity contribution < 1.29 is 70.4 Å². The van der Waals surface area contributed by atoms with Crippen molar-refractivity contribution in [3.8, 4) is 5.75 Å². The summed E-state index contributed by atoms with van der Waals surface area (Å²) in [6.45, 7) is 25.0. The van der Waals surface area contributed by atoms with E-state index in [0.29, 0.717) is 48.1 Å². The van der Waals surface area contributed by atoms with Crippen molar-refractivity contribution >= 4 is 35.2 Å². The van der Waals surface area contributed by atoms with Crippen LogP contribution in [0.15, 0.2) is 77.7 Å². The molecule has 2 rings (SSSR count). The largest absolute Gasteiger partial charge is 1.00 e. The zero-order chi connectivity index (χ0) is 39.9. The number of ether oxygens (including phenoxy) is 2. The minimum absolute atomic E-state index is 0. The molecule has 2 aromatic rings. The molecule has 0 aliphatic rings. The Bertz CT molecular complexity index is 1320. The topological polar surface area (TPSA) is 104 Å². The first-order chi connectivity index (χ1) is 24.5. The number of carbonyl (C=O) groups is 2. The van der Waals surface area contributed by atoms with Crippen molar-refractivity contribution in [2.75, 3.05) is 69.8 Å². The molecule has 0 saturated carbocycles. The molecule has 0 heterocycles. The first-order valence-electron chi connectivity index (χ1n) is 17.9. The Kier molecular flexibility index (Phi) is 38.0. The molecule has 0 bridgehead atoms. The monoisotopic (exact) mass is 749 g/mol. The van der Waals surface area contributed by atoms with Crippen LogP contribution in [0.1, 0.15) is 80.7 Å². The van der Waals surface area contributed by atoms with Gasteiger partial charge in [0, 0.05) is 38.7 Å². The van der Waals surface area contributed by atoms with Crippen LogP contribution in [0.25, 0.3) is 0 Å². The van der Waals surface area contributed by atoms with Gasteiger partial charge in [-0.25, -0.2) is 4.99 Å². The van der Waals surface area contributed by atoms with Crippen molar-refractivity contribution in [2.45, 2.75) is 82.1 Å². The van der Waals surface area contributed by atoms with Crippen LogP contribution < -0.4 is 76.6 Å². The van der Waals surface area contributed by atoms with Crippen molar-refractivity contribution in [3.63, 3.8) is 0 Å². The maximum atomic E-state index is 13.0. The predicted octanol–water partition coefficient (Wildman–Crippen LogP) is 5.62. The van der Waals surface area contributed by atoms with Gasteiger partial charge in [0.15, 0.2) is 5.84 Å². The van der Waals surface area contributed by atoms with Gasteiger partial charge in [0.2, 0.25) is 6.41 Å².